The molecule has 1 fully saturated rings. The number of aromatic nitrogens is 1. The van der Waals surface area contributed by atoms with E-state index in [-0.39, 0.29) is 0 Å². The van der Waals surface area contributed by atoms with E-state index in [0.29, 0.717) is 24.8 Å². The molecule has 0 radical (unpaired) electrons. The first-order valence-corrected chi connectivity index (χ1v) is 16.2. The summed E-state index contributed by atoms with van der Waals surface area (Å²) in [6.07, 6.45) is 4.50. The molecule has 7 nitrogen and oxygen atoms in total. The molecule has 0 spiro atoms. The molecule has 1 aliphatic heterocycles. The van der Waals surface area contributed by atoms with Crippen LogP contribution in [0.15, 0.2) is 116 Å². The normalized spacial score (nSPS) is 14.0. The summed E-state index contributed by atoms with van der Waals surface area (Å²) in [7, 11) is 0. The van der Waals surface area contributed by atoms with Crippen molar-refractivity contribution in [2.45, 2.75) is 32.9 Å². The maximum atomic E-state index is 11.2. The van der Waals surface area contributed by atoms with Gasteiger partial charge < -0.3 is 19.5 Å². The summed E-state index contributed by atoms with van der Waals surface area (Å²) in [4.78, 5) is 20.4. The van der Waals surface area contributed by atoms with Gasteiger partial charge >= 0.3 is 5.97 Å². The Morgan fingerprint density at radius 1 is 0.766 bits per heavy atom. The fraction of sp³-hybridized carbons (Fsp3) is 0.250. The van der Waals surface area contributed by atoms with Crippen LogP contribution in [0.25, 0.3) is 11.1 Å². The monoisotopic (exact) mass is 627 g/mol. The second kappa shape index (κ2) is 15.0. The van der Waals surface area contributed by atoms with Crippen LogP contribution in [0.3, 0.4) is 0 Å². The molecule has 1 aliphatic rings. The quantitative estimate of drug-likeness (QED) is 0.151. The first-order valence-electron chi connectivity index (χ1n) is 16.2. The van der Waals surface area contributed by atoms with E-state index in [1.807, 2.05) is 48.7 Å². The Kier molecular flexibility index (Phi) is 10.1. The zero-order valence-electron chi connectivity index (χ0n) is 27.0. The van der Waals surface area contributed by atoms with Gasteiger partial charge in [0, 0.05) is 56.1 Å². The molecule has 0 saturated carbocycles. The number of hydrogen-bond donors (Lipinski definition) is 1. The second-order valence-corrected chi connectivity index (χ2v) is 12.1. The zero-order valence-corrected chi connectivity index (χ0v) is 27.0. The number of piperazine rings is 1. The van der Waals surface area contributed by atoms with Gasteiger partial charge in [-0.25, -0.2) is 4.79 Å². The lowest BCUT2D eigenvalue weighted by molar-refractivity contribution is 0.0697. The molecule has 0 amide bonds. The molecule has 1 unspecified atom stereocenters. The van der Waals surface area contributed by atoms with Crippen LogP contribution >= 0.6 is 0 Å². The molecule has 1 atom stereocenters. The van der Waals surface area contributed by atoms with E-state index < -0.39 is 5.97 Å². The average molecular weight is 628 g/mol. The van der Waals surface area contributed by atoms with Gasteiger partial charge in [-0.3, -0.25) is 9.88 Å². The van der Waals surface area contributed by atoms with Gasteiger partial charge in [-0.1, -0.05) is 66.2 Å². The summed E-state index contributed by atoms with van der Waals surface area (Å²) >= 11 is 0. The smallest absolute Gasteiger partial charge is 0.335 e. The van der Waals surface area contributed by atoms with Gasteiger partial charge in [0.2, 0.25) is 0 Å². The highest BCUT2D eigenvalue weighted by molar-refractivity contribution is 5.88. The standard InChI is InChI=1S/C40H41N3O4/c1-29-3-5-31(6-4-29)19-24-46-38-17-7-32(8-18-38)28-47-39-25-36(26-41-27-39)34-11-9-33(10-12-34)30(2)42-20-22-43(23-21-42)37-15-13-35(14-16-37)40(44)45/h3-18,25-27,30H,19-24,28H2,1-2H3,(H,44,45). The summed E-state index contributed by atoms with van der Waals surface area (Å²) in [6, 6.07) is 34.8. The molecule has 6 rings (SSSR count). The first kappa shape index (κ1) is 31.8. The average Bonchev–Trinajstić information content (AvgIpc) is 3.12. The molecule has 1 saturated heterocycles. The highest BCUT2D eigenvalue weighted by atomic mass is 16.5. The Morgan fingerprint density at radius 2 is 1.45 bits per heavy atom. The largest absolute Gasteiger partial charge is 0.493 e. The Morgan fingerprint density at radius 3 is 2.13 bits per heavy atom. The number of aryl methyl sites for hydroxylation is 1. The minimum Gasteiger partial charge on any atom is -0.493 e. The number of anilines is 1. The molecule has 5 aromatic rings. The van der Waals surface area contributed by atoms with Crippen LogP contribution in [-0.2, 0) is 13.0 Å². The number of ether oxygens (including phenoxy) is 2. The third-order valence-corrected chi connectivity index (χ3v) is 8.89. The lowest BCUT2D eigenvalue weighted by atomic mass is 10.0. The molecule has 1 N–H and O–H groups in total. The summed E-state index contributed by atoms with van der Waals surface area (Å²) in [5, 5.41) is 9.17. The summed E-state index contributed by atoms with van der Waals surface area (Å²) in [5.74, 6) is 0.690. The predicted octanol–water partition coefficient (Wildman–Crippen LogP) is 7.84. The molecule has 0 aliphatic carbocycles. The van der Waals surface area contributed by atoms with Crippen molar-refractivity contribution in [3.63, 3.8) is 0 Å². The van der Waals surface area contributed by atoms with E-state index in [2.05, 4.69) is 77.2 Å². The van der Waals surface area contributed by atoms with Gasteiger partial charge in [-0.05, 0) is 78.6 Å². The van der Waals surface area contributed by atoms with Gasteiger partial charge in [0.1, 0.15) is 18.1 Å². The molecule has 47 heavy (non-hydrogen) atoms. The number of rotatable bonds is 12. The van der Waals surface area contributed by atoms with Crippen molar-refractivity contribution in [1.29, 1.82) is 0 Å². The molecular weight excluding hydrogens is 586 g/mol. The highest BCUT2D eigenvalue weighted by Crippen LogP contribution is 2.28. The lowest BCUT2D eigenvalue weighted by Crippen LogP contribution is -2.47. The Bertz CT molecular complexity index is 1750. The maximum absolute atomic E-state index is 11.2. The number of carbonyl (C=O) groups is 1. The predicted molar refractivity (Wildman–Crippen MR) is 186 cm³/mol. The van der Waals surface area contributed by atoms with Gasteiger partial charge in [0.05, 0.1) is 18.4 Å². The molecule has 4 aromatic carbocycles. The first-order chi connectivity index (χ1) is 22.9. The van der Waals surface area contributed by atoms with Crippen LogP contribution in [0.2, 0.25) is 0 Å². The number of carboxylic acid groups (broad SMARTS) is 1. The van der Waals surface area contributed by atoms with Crippen molar-refractivity contribution in [1.82, 2.24) is 9.88 Å². The Hall–Kier alpha value is -5.14. The van der Waals surface area contributed by atoms with Crippen molar-refractivity contribution in [3.8, 4) is 22.6 Å². The van der Waals surface area contributed by atoms with Crippen LogP contribution < -0.4 is 14.4 Å². The molecular formula is C40H41N3O4. The molecule has 7 heteroatoms. The van der Waals surface area contributed by atoms with E-state index >= 15 is 0 Å². The van der Waals surface area contributed by atoms with Gasteiger partial charge in [-0.15, -0.1) is 0 Å². The van der Waals surface area contributed by atoms with Crippen molar-refractivity contribution in [2.24, 2.45) is 0 Å². The number of hydrogen-bond acceptors (Lipinski definition) is 6. The molecule has 240 valence electrons. The number of carboxylic acids is 1. The fourth-order valence-electron chi connectivity index (χ4n) is 5.89. The molecule has 1 aromatic heterocycles. The third-order valence-electron chi connectivity index (χ3n) is 8.89. The summed E-state index contributed by atoms with van der Waals surface area (Å²) in [5.41, 5.74) is 8.38. The van der Waals surface area contributed by atoms with E-state index in [1.165, 1.54) is 16.7 Å². The Balaban J connectivity index is 0.977. The van der Waals surface area contributed by atoms with E-state index in [9.17, 15) is 4.79 Å². The third kappa shape index (κ3) is 8.37. The molecule has 2 heterocycles. The van der Waals surface area contributed by atoms with Crippen molar-refractivity contribution < 1.29 is 19.4 Å². The summed E-state index contributed by atoms with van der Waals surface area (Å²) < 4.78 is 12.0. The highest BCUT2D eigenvalue weighted by Gasteiger charge is 2.22. The van der Waals surface area contributed by atoms with Gasteiger partial charge in [-0.2, -0.15) is 0 Å². The number of benzene rings is 4. The number of pyridine rings is 1. The Labute approximate surface area is 277 Å². The van der Waals surface area contributed by atoms with Crippen LogP contribution in [0, 0.1) is 6.92 Å². The second-order valence-electron chi connectivity index (χ2n) is 12.1. The minimum atomic E-state index is -0.896. The maximum Gasteiger partial charge on any atom is 0.335 e. The minimum absolute atomic E-state index is 0.290. The SMILES string of the molecule is Cc1ccc(CCOc2ccc(COc3cncc(-c4ccc(C(C)N5CCN(c6ccc(C(=O)O)cc6)CC5)cc4)c3)cc2)cc1. The van der Waals surface area contributed by atoms with Crippen molar-refractivity contribution in [2.75, 3.05) is 37.7 Å². The van der Waals surface area contributed by atoms with E-state index in [0.717, 1.165) is 66.5 Å². The van der Waals surface area contributed by atoms with Crippen LogP contribution in [0.5, 0.6) is 11.5 Å². The van der Waals surface area contributed by atoms with E-state index in [4.69, 9.17) is 14.6 Å². The molecule has 0 bridgehead atoms. The lowest BCUT2D eigenvalue weighted by Gasteiger charge is -2.39. The summed E-state index contributed by atoms with van der Waals surface area (Å²) in [6.45, 7) is 9.13. The topological polar surface area (TPSA) is 75.1 Å². The van der Waals surface area contributed by atoms with Crippen LogP contribution in [-0.4, -0.2) is 53.7 Å². The van der Waals surface area contributed by atoms with Crippen molar-refractivity contribution in [3.05, 3.63) is 143 Å². The van der Waals surface area contributed by atoms with Gasteiger partial charge in [0.25, 0.3) is 0 Å². The van der Waals surface area contributed by atoms with Crippen LogP contribution in [0.1, 0.15) is 45.6 Å². The van der Waals surface area contributed by atoms with Crippen molar-refractivity contribution >= 4 is 11.7 Å². The zero-order chi connectivity index (χ0) is 32.6. The van der Waals surface area contributed by atoms with Crippen LogP contribution in [0.4, 0.5) is 5.69 Å². The fourth-order valence-corrected chi connectivity index (χ4v) is 5.89. The number of nitrogens with zero attached hydrogens (tertiary/aromatic N) is 3. The number of aromatic carboxylic acids is 1. The van der Waals surface area contributed by atoms with Gasteiger partial charge in [0.15, 0.2) is 0 Å². The van der Waals surface area contributed by atoms with E-state index in [1.54, 1.807) is 18.3 Å².